The van der Waals surface area contributed by atoms with Gasteiger partial charge in [-0.1, -0.05) is 36.4 Å². The van der Waals surface area contributed by atoms with Crippen LogP contribution in [0.15, 0.2) is 79.0 Å². The molecule has 0 radical (unpaired) electrons. The van der Waals surface area contributed by atoms with Gasteiger partial charge in [-0.15, -0.1) is 0 Å². The number of amides is 1. The number of nitrogens with one attached hydrogen (secondary N) is 1. The number of aromatic nitrogens is 3. The normalized spacial score (nSPS) is 10.7. The summed E-state index contributed by atoms with van der Waals surface area (Å²) >= 11 is 0. The van der Waals surface area contributed by atoms with Crippen molar-refractivity contribution in [1.82, 2.24) is 14.5 Å². The maximum Gasteiger partial charge on any atom is 0.244 e. The van der Waals surface area contributed by atoms with Crippen LogP contribution in [0.25, 0.3) is 22.6 Å². The number of rotatable bonds is 4. The Morgan fingerprint density at radius 1 is 0.920 bits per heavy atom. The van der Waals surface area contributed by atoms with E-state index in [4.69, 9.17) is 0 Å². The van der Waals surface area contributed by atoms with E-state index < -0.39 is 0 Å². The lowest BCUT2D eigenvalue weighted by atomic mass is 10.3. The highest BCUT2D eigenvalue weighted by atomic mass is 16.1. The summed E-state index contributed by atoms with van der Waals surface area (Å²) in [6.45, 7) is 0.168. The predicted octanol–water partition coefficient (Wildman–Crippen LogP) is 3.74. The summed E-state index contributed by atoms with van der Waals surface area (Å²) in [5.74, 6) is 0.580. The molecule has 0 aliphatic carbocycles. The lowest BCUT2D eigenvalue weighted by Crippen LogP contribution is -2.19. The molecule has 2 aromatic carbocycles. The number of benzene rings is 2. The molecule has 0 bridgehead atoms. The molecule has 2 aromatic heterocycles. The molecule has 0 aliphatic rings. The van der Waals surface area contributed by atoms with Crippen molar-refractivity contribution < 1.29 is 4.79 Å². The van der Waals surface area contributed by atoms with E-state index in [0.717, 1.165) is 22.4 Å². The molecule has 1 N–H and O–H groups in total. The van der Waals surface area contributed by atoms with Gasteiger partial charge in [0, 0.05) is 11.9 Å². The zero-order valence-corrected chi connectivity index (χ0v) is 13.5. The van der Waals surface area contributed by atoms with Crippen LogP contribution in [-0.2, 0) is 11.3 Å². The van der Waals surface area contributed by atoms with Gasteiger partial charge in [0.05, 0.1) is 11.0 Å². The van der Waals surface area contributed by atoms with E-state index in [1.165, 1.54) is 0 Å². The highest BCUT2D eigenvalue weighted by molar-refractivity contribution is 5.92. The van der Waals surface area contributed by atoms with Crippen LogP contribution in [0.5, 0.6) is 0 Å². The number of pyridine rings is 1. The first-order valence-electron chi connectivity index (χ1n) is 8.03. The minimum absolute atomic E-state index is 0.105. The van der Waals surface area contributed by atoms with E-state index >= 15 is 0 Å². The van der Waals surface area contributed by atoms with Gasteiger partial charge in [0.15, 0.2) is 5.82 Å². The van der Waals surface area contributed by atoms with Crippen LogP contribution >= 0.6 is 0 Å². The number of nitrogens with zero attached hydrogens (tertiary/aromatic N) is 3. The fourth-order valence-corrected chi connectivity index (χ4v) is 2.79. The van der Waals surface area contributed by atoms with Gasteiger partial charge in [0.1, 0.15) is 12.2 Å². The van der Waals surface area contributed by atoms with Crippen LogP contribution in [0.4, 0.5) is 5.69 Å². The Bertz CT molecular complexity index is 1010. The minimum atomic E-state index is -0.105. The van der Waals surface area contributed by atoms with Crippen molar-refractivity contribution in [2.24, 2.45) is 0 Å². The van der Waals surface area contributed by atoms with Crippen LogP contribution in [0.2, 0.25) is 0 Å². The van der Waals surface area contributed by atoms with Gasteiger partial charge in [-0.05, 0) is 36.4 Å². The second kappa shape index (κ2) is 6.57. The molecule has 1 amide bonds. The predicted molar refractivity (Wildman–Crippen MR) is 98.0 cm³/mol. The first kappa shape index (κ1) is 15.1. The van der Waals surface area contributed by atoms with Gasteiger partial charge >= 0.3 is 0 Å². The second-order valence-electron chi connectivity index (χ2n) is 5.64. The number of carbonyl (C=O) groups excluding carboxylic acids is 1. The summed E-state index contributed by atoms with van der Waals surface area (Å²) in [6, 6.07) is 22.9. The maximum atomic E-state index is 12.5. The number of hydrogen-bond donors (Lipinski definition) is 1. The van der Waals surface area contributed by atoms with Gasteiger partial charge in [-0.2, -0.15) is 0 Å². The molecule has 5 heteroatoms. The maximum absolute atomic E-state index is 12.5. The summed E-state index contributed by atoms with van der Waals surface area (Å²) in [7, 11) is 0. The second-order valence-corrected chi connectivity index (χ2v) is 5.64. The minimum Gasteiger partial charge on any atom is -0.325 e. The Balaban J connectivity index is 1.71. The number of fused-ring (bicyclic) bond motifs is 1. The molecule has 4 rings (SSSR count). The average molecular weight is 328 g/mol. The molecule has 0 atom stereocenters. The first-order chi connectivity index (χ1) is 12.3. The summed E-state index contributed by atoms with van der Waals surface area (Å²) in [4.78, 5) is 21.6. The third-order valence-corrected chi connectivity index (χ3v) is 3.91. The van der Waals surface area contributed by atoms with E-state index in [1.807, 2.05) is 77.4 Å². The lowest BCUT2D eigenvalue weighted by Gasteiger charge is -2.09. The van der Waals surface area contributed by atoms with Crippen molar-refractivity contribution in [2.45, 2.75) is 6.54 Å². The van der Waals surface area contributed by atoms with Crippen molar-refractivity contribution in [3.05, 3.63) is 79.0 Å². The van der Waals surface area contributed by atoms with Crippen molar-refractivity contribution in [1.29, 1.82) is 0 Å². The standard InChI is InChI=1S/C20H16N4O/c25-19(22-15-8-2-1-3-9-15)14-24-18-12-5-4-10-16(18)23-20(24)17-11-6-7-13-21-17/h1-13H,14H2,(H,22,25). The highest BCUT2D eigenvalue weighted by Gasteiger charge is 2.15. The van der Waals surface area contributed by atoms with Crippen LogP contribution in [0.1, 0.15) is 0 Å². The van der Waals surface area contributed by atoms with Crippen LogP contribution in [0, 0.1) is 0 Å². The Hall–Kier alpha value is -3.47. The zero-order valence-electron chi connectivity index (χ0n) is 13.5. The van der Waals surface area contributed by atoms with Gasteiger partial charge < -0.3 is 9.88 Å². The molecule has 122 valence electrons. The van der Waals surface area contributed by atoms with E-state index in [2.05, 4.69) is 15.3 Å². The third kappa shape index (κ3) is 3.12. The topological polar surface area (TPSA) is 59.8 Å². The molecule has 0 unspecified atom stereocenters. The smallest absolute Gasteiger partial charge is 0.244 e. The Labute approximate surface area is 145 Å². The monoisotopic (exact) mass is 328 g/mol. The van der Waals surface area contributed by atoms with Gasteiger partial charge in [0.25, 0.3) is 0 Å². The first-order valence-corrected chi connectivity index (χ1v) is 8.03. The fourth-order valence-electron chi connectivity index (χ4n) is 2.79. The SMILES string of the molecule is O=C(Cn1c(-c2ccccn2)nc2ccccc21)Nc1ccccc1. The largest absolute Gasteiger partial charge is 0.325 e. The van der Waals surface area contributed by atoms with E-state index in [0.29, 0.717) is 5.82 Å². The zero-order chi connectivity index (χ0) is 17.1. The summed E-state index contributed by atoms with van der Waals surface area (Å²) < 4.78 is 1.90. The molecule has 25 heavy (non-hydrogen) atoms. The summed E-state index contributed by atoms with van der Waals surface area (Å²) in [5.41, 5.74) is 3.27. The highest BCUT2D eigenvalue weighted by Crippen LogP contribution is 2.23. The van der Waals surface area contributed by atoms with Crippen molar-refractivity contribution in [3.63, 3.8) is 0 Å². The molecule has 2 heterocycles. The van der Waals surface area contributed by atoms with Crippen LogP contribution in [-0.4, -0.2) is 20.4 Å². The number of hydrogen-bond acceptors (Lipinski definition) is 3. The molecule has 0 aliphatic heterocycles. The van der Waals surface area contributed by atoms with E-state index in [-0.39, 0.29) is 12.5 Å². The number of para-hydroxylation sites is 3. The molecule has 5 nitrogen and oxygen atoms in total. The Morgan fingerprint density at radius 2 is 1.68 bits per heavy atom. The van der Waals surface area contributed by atoms with Crippen molar-refractivity contribution in [3.8, 4) is 11.5 Å². The van der Waals surface area contributed by atoms with Gasteiger partial charge in [-0.3, -0.25) is 9.78 Å². The molecule has 0 spiro atoms. The molecule has 0 saturated carbocycles. The Kier molecular flexibility index (Phi) is 3.96. The van der Waals surface area contributed by atoms with Crippen LogP contribution in [0.3, 0.4) is 0 Å². The molecular formula is C20H16N4O. The fraction of sp³-hybridized carbons (Fsp3) is 0.0500. The van der Waals surface area contributed by atoms with E-state index in [1.54, 1.807) is 6.20 Å². The quantitative estimate of drug-likeness (QED) is 0.621. The van der Waals surface area contributed by atoms with E-state index in [9.17, 15) is 4.79 Å². The molecule has 0 saturated heterocycles. The van der Waals surface area contributed by atoms with Gasteiger partial charge in [-0.25, -0.2) is 4.98 Å². The molecule has 0 fully saturated rings. The van der Waals surface area contributed by atoms with Gasteiger partial charge in [0.2, 0.25) is 5.91 Å². The average Bonchev–Trinajstić information content (AvgIpc) is 3.02. The lowest BCUT2D eigenvalue weighted by molar-refractivity contribution is -0.116. The van der Waals surface area contributed by atoms with Crippen molar-refractivity contribution >= 4 is 22.6 Å². The third-order valence-electron chi connectivity index (χ3n) is 3.91. The summed E-state index contributed by atoms with van der Waals surface area (Å²) in [5, 5.41) is 2.92. The molecular weight excluding hydrogens is 312 g/mol. The number of imidazole rings is 1. The number of anilines is 1. The summed E-state index contributed by atoms with van der Waals surface area (Å²) in [6.07, 6.45) is 1.73. The number of carbonyl (C=O) groups is 1. The van der Waals surface area contributed by atoms with Crippen LogP contribution < -0.4 is 5.32 Å². The van der Waals surface area contributed by atoms with Crippen molar-refractivity contribution in [2.75, 3.05) is 5.32 Å². The Morgan fingerprint density at radius 3 is 2.48 bits per heavy atom. The molecule has 4 aromatic rings.